The number of hydrogen-bond donors (Lipinski definition) is 2. The highest BCUT2D eigenvalue weighted by Gasteiger charge is 2.22. The molecule has 1 aromatic rings. The Bertz CT molecular complexity index is 679. The molecule has 29 heavy (non-hydrogen) atoms. The number of piperidine rings is 1. The Labute approximate surface area is 191 Å². The predicted molar refractivity (Wildman–Crippen MR) is 128 cm³/mol. The number of likely N-dealkylation sites (tertiary alicyclic amines) is 1. The van der Waals surface area contributed by atoms with E-state index >= 15 is 0 Å². The van der Waals surface area contributed by atoms with Gasteiger partial charge >= 0.3 is 0 Å². The molecule has 0 radical (unpaired) electrons. The van der Waals surface area contributed by atoms with Crippen molar-refractivity contribution in [3.05, 3.63) is 29.8 Å². The van der Waals surface area contributed by atoms with Crippen LogP contribution in [0.25, 0.3) is 0 Å². The lowest BCUT2D eigenvalue weighted by molar-refractivity contribution is -0.132. The van der Waals surface area contributed by atoms with Gasteiger partial charge in [0.05, 0.1) is 6.61 Å². The summed E-state index contributed by atoms with van der Waals surface area (Å²) >= 11 is 0. The summed E-state index contributed by atoms with van der Waals surface area (Å²) in [6.45, 7) is 6.04. The molecular formula is C22H35IN4O2. The Hall–Kier alpha value is -1.51. The van der Waals surface area contributed by atoms with E-state index < -0.39 is 0 Å². The van der Waals surface area contributed by atoms with Crippen molar-refractivity contribution in [1.29, 1.82) is 0 Å². The normalized spacial score (nSPS) is 19.3. The average Bonchev–Trinajstić information content (AvgIpc) is 3.54. The zero-order chi connectivity index (χ0) is 19.8. The van der Waals surface area contributed by atoms with E-state index in [0.717, 1.165) is 43.3 Å². The number of ether oxygens (including phenoxy) is 1. The molecule has 1 atom stereocenters. The van der Waals surface area contributed by atoms with Gasteiger partial charge < -0.3 is 20.3 Å². The standard InChI is InChI=1S/C22H34N4O2.HI/c1-17-6-5-13-26(15-17)21(27)11-12-24-22(23-2)25-14-19-7-3-4-8-20(19)28-16-18-9-10-18;/h3-4,7-8,17-18H,5-6,9-16H2,1-2H3,(H2,23,24,25);1H. The second-order valence-corrected chi connectivity index (χ2v) is 8.05. The van der Waals surface area contributed by atoms with Gasteiger partial charge in [0.25, 0.3) is 0 Å². The fourth-order valence-corrected chi connectivity index (χ4v) is 3.54. The lowest BCUT2D eigenvalue weighted by Crippen LogP contribution is -2.42. The van der Waals surface area contributed by atoms with Crippen molar-refractivity contribution in [1.82, 2.24) is 15.5 Å². The van der Waals surface area contributed by atoms with Crippen LogP contribution in [0.3, 0.4) is 0 Å². The first-order valence-corrected chi connectivity index (χ1v) is 10.6. The summed E-state index contributed by atoms with van der Waals surface area (Å²) in [4.78, 5) is 18.6. The van der Waals surface area contributed by atoms with Crippen LogP contribution >= 0.6 is 24.0 Å². The van der Waals surface area contributed by atoms with Gasteiger partial charge in [-0.25, -0.2) is 0 Å². The van der Waals surface area contributed by atoms with Crippen molar-refractivity contribution in [2.24, 2.45) is 16.8 Å². The molecule has 3 rings (SSSR count). The highest BCUT2D eigenvalue weighted by Crippen LogP contribution is 2.30. The number of para-hydroxylation sites is 1. The zero-order valence-corrected chi connectivity index (χ0v) is 20.0. The Morgan fingerprint density at radius 2 is 2.03 bits per heavy atom. The third-order valence-corrected chi connectivity index (χ3v) is 5.45. The average molecular weight is 514 g/mol. The van der Waals surface area contributed by atoms with Crippen molar-refractivity contribution >= 4 is 35.8 Å². The molecule has 0 bridgehead atoms. The molecule has 1 saturated carbocycles. The third kappa shape index (κ3) is 8.03. The lowest BCUT2D eigenvalue weighted by atomic mass is 10.00. The second kappa shape index (κ2) is 12.2. The molecule has 1 unspecified atom stereocenters. The number of amides is 1. The molecule has 1 saturated heterocycles. The Kier molecular flexibility index (Phi) is 10.0. The summed E-state index contributed by atoms with van der Waals surface area (Å²) in [7, 11) is 1.75. The molecule has 162 valence electrons. The first-order chi connectivity index (χ1) is 13.7. The van der Waals surface area contributed by atoms with Crippen molar-refractivity contribution in [2.75, 3.05) is 33.3 Å². The molecule has 1 aliphatic heterocycles. The summed E-state index contributed by atoms with van der Waals surface area (Å²) in [5, 5.41) is 6.57. The fraction of sp³-hybridized carbons (Fsp3) is 0.636. The Morgan fingerprint density at radius 1 is 1.24 bits per heavy atom. The fourth-order valence-electron chi connectivity index (χ4n) is 3.54. The smallest absolute Gasteiger partial charge is 0.224 e. The van der Waals surface area contributed by atoms with Crippen LogP contribution in [0.2, 0.25) is 0 Å². The molecule has 2 N–H and O–H groups in total. The SMILES string of the molecule is CN=C(NCCC(=O)N1CCCC(C)C1)NCc1ccccc1OCC1CC1.I. The summed E-state index contributed by atoms with van der Waals surface area (Å²) in [6.07, 6.45) is 5.41. The number of halogens is 1. The van der Waals surface area contributed by atoms with Crippen LogP contribution in [0.1, 0.15) is 44.6 Å². The molecule has 1 aliphatic carbocycles. The van der Waals surface area contributed by atoms with Gasteiger partial charge in [0.2, 0.25) is 5.91 Å². The number of nitrogens with zero attached hydrogens (tertiary/aromatic N) is 2. The Morgan fingerprint density at radius 3 is 2.76 bits per heavy atom. The lowest BCUT2D eigenvalue weighted by Gasteiger charge is -2.31. The topological polar surface area (TPSA) is 66.0 Å². The maximum absolute atomic E-state index is 12.4. The van der Waals surface area contributed by atoms with Gasteiger partial charge in [-0.05, 0) is 43.6 Å². The minimum atomic E-state index is 0. The van der Waals surface area contributed by atoms with E-state index in [0.29, 0.717) is 31.4 Å². The number of nitrogens with one attached hydrogen (secondary N) is 2. The van der Waals surface area contributed by atoms with E-state index in [9.17, 15) is 4.79 Å². The van der Waals surface area contributed by atoms with Gasteiger partial charge in [-0.3, -0.25) is 9.79 Å². The maximum Gasteiger partial charge on any atom is 0.224 e. The highest BCUT2D eigenvalue weighted by molar-refractivity contribution is 14.0. The first kappa shape index (κ1) is 23.8. The van der Waals surface area contributed by atoms with Crippen LogP contribution in [-0.2, 0) is 11.3 Å². The van der Waals surface area contributed by atoms with Crippen molar-refractivity contribution < 1.29 is 9.53 Å². The predicted octanol–water partition coefficient (Wildman–Crippen LogP) is 3.41. The van der Waals surface area contributed by atoms with Crippen LogP contribution in [0.15, 0.2) is 29.3 Å². The van der Waals surface area contributed by atoms with Crippen LogP contribution < -0.4 is 15.4 Å². The minimum absolute atomic E-state index is 0. The van der Waals surface area contributed by atoms with Gasteiger partial charge in [0.1, 0.15) is 5.75 Å². The summed E-state index contributed by atoms with van der Waals surface area (Å²) in [5.74, 6) is 3.22. The molecule has 1 amide bonds. The summed E-state index contributed by atoms with van der Waals surface area (Å²) in [6, 6.07) is 8.12. The largest absolute Gasteiger partial charge is 0.493 e. The van der Waals surface area contributed by atoms with Gasteiger partial charge in [-0.15, -0.1) is 24.0 Å². The summed E-state index contributed by atoms with van der Waals surface area (Å²) in [5.41, 5.74) is 1.12. The number of rotatable bonds is 8. The molecule has 1 heterocycles. The number of guanidine groups is 1. The molecule has 1 aromatic carbocycles. The van der Waals surface area contributed by atoms with E-state index in [4.69, 9.17) is 4.74 Å². The van der Waals surface area contributed by atoms with E-state index in [2.05, 4.69) is 28.6 Å². The van der Waals surface area contributed by atoms with E-state index in [1.165, 1.54) is 19.3 Å². The molecule has 0 spiro atoms. The first-order valence-electron chi connectivity index (χ1n) is 10.6. The quantitative estimate of drug-likeness (QED) is 0.317. The molecule has 6 nitrogen and oxygen atoms in total. The number of aliphatic imine (C=N–C) groups is 1. The van der Waals surface area contributed by atoms with E-state index in [-0.39, 0.29) is 29.9 Å². The number of hydrogen-bond acceptors (Lipinski definition) is 3. The summed E-state index contributed by atoms with van der Waals surface area (Å²) < 4.78 is 5.96. The van der Waals surface area contributed by atoms with Gasteiger partial charge in [0, 0.05) is 45.2 Å². The highest BCUT2D eigenvalue weighted by atomic mass is 127. The molecule has 0 aromatic heterocycles. The van der Waals surface area contributed by atoms with E-state index in [1.807, 2.05) is 23.1 Å². The number of benzene rings is 1. The van der Waals surface area contributed by atoms with Crippen molar-refractivity contribution in [3.63, 3.8) is 0 Å². The van der Waals surface area contributed by atoms with Crippen LogP contribution in [0.5, 0.6) is 5.75 Å². The van der Waals surface area contributed by atoms with Crippen molar-refractivity contribution in [3.8, 4) is 5.75 Å². The minimum Gasteiger partial charge on any atom is -0.493 e. The van der Waals surface area contributed by atoms with Gasteiger partial charge in [-0.2, -0.15) is 0 Å². The van der Waals surface area contributed by atoms with E-state index in [1.54, 1.807) is 7.05 Å². The molecule has 7 heteroatoms. The molecular weight excluding hydrogens is 479 g/mol. The molecule has 2 fully saturated rings. The zero-order valence-electron chi connectivity index (χ0n) is 17.7. The van der Waals surface area contributed by atoms with Gasteiger partial charge in [-0.1, -0.05) is 25.1 Å². The van der Waals surface area contributed by atoms with Crippen molar-refractivity contribution in [2.45, 2.75) is 45.6 Å². The third-order valence-electron chi connectivity index (χ3n) is 5.45. The number of carbonyl (C=O) groups excluding carboxylic acids is 1. The maximum atomic E-state index is 12.4. The number of carbonyl (C=O) groups is 1. The molecule has 2 aliphatic rings. The van der Waals surface area contributed by atoms with Crippen LogP contribution in [0, 0.1) is 11.8 Å². The van der Waals surface area contributed by atoms with Gasteiger partial charge in [0.15, 0.2) is 5.96 Å². The van der Waals surface area contributed by atoms with Crippen LogP contribution in [-0.4, -0.2) is 50.1 Å². The Balaban J connectivity index is 0.00000300. The second-order valence-electron chi connectivity index (χ2n) is 8.05. The van der Waals surface area contributed by atoms with Crippen LogP contribution in [0.4, 0.5) is 0 Å². The monoisotopic (exact) mass is 514 g/mol.